The minimum atomic E-state index is -2.48. The molecule has 0 aromatic carbocycles. The van der Waals surface area contributed by atoms with Gasteiger partial charge in [0.25, 0.3) is 5.97 Å². The number of rotatable bonds is 10. The van der Waals surface area contributed by atoms with Crippen LogP contribution in [-0.2, 0) is 9.59 Å². The van der Waals surface area contributed by atoms with Crippen molar-refractivity contribution >= 4 is 11.9 Å². The van der Waals surface area contributed by atoms with Gasteiger partial charge in [-0.05, 0) is 25.7 Å². The van der Waals surface area contributed by atoms with Crippen molar-refractivity contribution < 1.29 is 35.1 Å². The highest BCUT2D eigenvalue weighted by atomic mass is 16.7. The van der Waals surface area contributed by atoms with Crippen molar-refractivity contribution in [2.45, 2.75) is 71.2 Å². The van der Waals surface area contributed by atoms with Crippen molar-refractivity contribution in [2.75, 3.05) is 0 Å². The molecule has 0 spiro atoms. The van der Waals surface area contributed by atoms with Gasteiger partial charge in [0.2, 0.25) is 0 Å². The normalized spacial score (nSPS) is 12.2. The first-order chi connectivity index (χ1) is 9.65. The lowest BCUT2D eigenvalue weighted by Crippen LogP contribution is -2.36. The predicted molar refractivity (Wildman–Crippen MR) is 76.4 cm³/mol. The van der Waals surface area contributed by atoms with Gasteiger partial charge >= 0.3 is 11.9 Å². The van der Waals surface area contributed by atoms with Crippen LogP contribution in [0.5, 0.6) is 0 Å². The molecule has 0 aliphatic carbocycles. The van der Waals surface area contributed by atoms with E-state index in [1.807, 2.05) is 13.8 Å². The molecule has 5 N–H and O–H groups in total. The van der Waals surface area contributed by atoms with Crippen LogP contribution in [0, 0.1) is 5.92 Å². The maximum atomic E-state index is 9.90. The smallest absolute Gasteiger partial charge is 0.303 e. The highest BCUT2D eigenvalue weighted by Gasteiger charge is 2.29. The molecule has 0 fully saturated rings. The molecule has 0 saturated carbocycles. The van der Waals surface area contributed by atoms with Crippen molar-refractivity contribution in [3.63, 3.8) is 0 Å². The van der Waals surface area contributed by atoms with E-state index in [0.717, 1.165) is 12.8 Å². The van der Waals surface area contributed by atoms with Gasteiger partial charge in [-0.25, -0.2) is 0 Å². The fourth-order valence-electron chi connectivity index (χ4n) is 1.67. The number of unbranched alkanes of at least 4 members (excludes halogenated alkanes) is 2. The fraction of sp³-hybridized carbons (Fsp3) is 0.857. The number of hydrogen-bond donors (Lipinski definition) is 5. The monoisotopic (exact) mass is 308 g/mol. The molecule has 0 rings (SSSR count). The molecule has 0 aliphatic heterocycles. The summed E-state index contributed by atoms with van der Waals surface area (Å²) in [6.45, 7) is 3.86. The van der Waals surface area contributed by atoms with E-state index >= 15 is 0 Å². The highest BCUT2D eigenvalue weighted by molar-refractivity contribution is 5.67. The Morgan fingerprint density at radius 1 is 0.905 bits per heavy atom. The molecule has 1 atom stereocenters. The summed E-state index contributed by atoms with van der Waals surface area (Å²) in [5.74, 6) is -4.64. The van der Waals surface area contributed by atoms with Gasteiger partial charge in [-0.1, -0.05) is 26.7 Å². The Morgan fingerprint density at radius 3 is 1.57 bits per heavy atom. The van der Waals surface area contributed by atoms with E-state index in [-0.39, 0.29) is 12.8 Å². The number of carboxylic acids is 2. The maximum absolute atomic E-state index is 9.90. The summed E-state index contributed by atoms with van der Waals surface area (Å²) in [7, 11) is 0. The van der Waals surface area contributed by atoms with E-state index in [9.17, 15) is 9.59 Å². The van der Waals surface area contributed by atoms with Crippen LogP contribution in [0.1, 0.15) is 65.2 Å². The molecule has 0 amide bonds. The van der Waals surface area contributed by atoms with Crippen LogP contribution in [0.3, 0.4) is 0 Å². The number of aliphatic carboxylic acids is 2. The van der Waals surface area contributed by atoms with Gasteiger partial charge in [0.05, 0.1) is 0 Å². The lowest BCUT2D eigenvalue weighted by molar-refractivity contribution is -0.343. The van der Waals surface area contributed by atoms with Gasteiger partial charge in [-0.2, -0.15) is 0 Å². The average molecular weight is 308 g/mol. The second-order valence-electron chi connectivity index (χ2n) is 4.93. The zero-order chi connectivity index (χ0) is 16.9. The molecule has 1 unspecified atom stereocenters. The molecular weight excluding hydrogens is 280 g/mol. The minimum absolute atomic E-state index is 0.0628. The molecule has 126 valence electrons. The summed E-state index contributed by atoms with van der Waals surface area (Å²) in [5.41, 5.74) is 0. The Hall–Kier alpha value is -1.18. The molecule has 7 heteroatoms. The van der Waals surface area contributed by atoms with Crippen LogP contribution >= 0.6 is 0 Å². The third kappa shape index (κ3) is 16.8. The lowest BCUT2D eigenvalue weighted by Gasteiger charge is -2.24. The average Bonchev–Trinajstić information content (AvgIpc) is 2.34. The molecule has 21 heavy (non-hydrogen) atoms. The third-order valence-electron chi connectivity index (χ3n) is 2.98. The van der Waals surface area contributed by atoms with Crippen molar-refractivity contribution in [3.8, 4) is 0 Å². The highest BCUT2D eigenvalue weighted by Crippen LogP contribution is 2.21. The molecule has 0 saturated heterocycles. The fourth-order valence-corrected chi connectivity index (χ4v) is 1.67. The number of aliphatic hydroxyl groups is 3. The second-order valence-corrected chi connectivity index (χ2v) is 4.93. The molecule has 0 bridgehead atoms. The first-order valence-electron chi connectivity index (χ1n) is 7.25. The quantitative estimate of drug-likeness (QED) is 0.305. The van der Waals surface area contributed by atoms with E-state index in [2.05, 4.69) is 0 Å². The van der Waals surface area contributed by atoms with Crippen LogP contribution in [0.15, 0.2) is 0 Å². The number of hydrogen-bond acceptors (Lipinski definition) is 5. The van der Waals surface area contributed by atoms with E-state index in [0.29, 0.717) is 25.7 Å². The summed E-state index contributed by atoms with van der Waals surface area (Å²) < 4.78 is 0. The topological polar surface area (TPSA) is 135 Å². The van der Waals surface area contributed by atoms with Gasteiger partial charge in [0.1, 0.15) is 0 Å². The largest absolute Gasteiger partial charge is 0.481 e. The molecule has 0 aromatic rings. The zero-order valence-electron chi connectivity index (χ0n) is 12.8. The summed E-state index contributed by atoms with van der Waals surface area (Å²) >= 11 is 0. The van der Waals surface area contributed by atoms with E-state index in [1.54, 1.807) is 0 Å². The van der Waals surface area contributed by atoms with Crippen molar-refractivity contribution in [1.82, 2.24) is 0 Å². The van der Waals surface area contributed by atoms with E-state index < -0.39 is 23.8 Å². The van der Waals surface area contributed by atoms with E-state index in [1.165, 1.54) is 0 Å². The Morgan fingerprint density at radius 2 is 1.33 bits per heavy atom. The zero-order valence-corrected chi connectivity index (χ0v) is 12.8. The first kappa shape index (κ1) is 22.1. The van der Waals surface area contributed by atoms with Crippen LogP contribution in [0.2, 0.25) is 0 Å². The molecule has 0 aromatic heterocycles. The van der Waals surface area contributed by atoms with Crippen LogP contribution < -0.4 is 0 Å². The minimum Gasteiger partial charge on any atom is -0.481 e. The SMILES string of the molecule is CCCCC(CC)C(O)(O)O.O=C(O)CCCCC(=O)O. The van der Waals surface area contributed by atoms with Gasteiger partial charge in [0.15, 0.2) is 0 Å². The predicted octanol–water partition coefficient (Wildman–Crippen LogP) is 1.55. The standard InChI is InChI=1S/C8H18O3.C6H10O4/c1-3-5-6-7(4-2)8(9,10)11;7-5(8)3-1-2-4-6(9)10/h7,9-11H,3-6H2,1-2H3;1-4H2,(H,7,8)(H,9,10). The third-order valence-corrected chi connectivity index (χ3v) is 2.98. The van der Waals surface area contributed by atoms with Gasteiger partial charge in [-0.3, -0.25) is 9.59 Å². The Labute approximate surface area is 125 Å². The Balaban J connectivity index is 0. The number of carboxylic acid groups (broad SMARTS) is 2. The van der Waals surface area contributed by atoms with Gasteiger partial charge < -0.3 is 25.5 Å². The van der Waals surface area contributed by atoms with Crippen LogP contribution in [0.4, 0.5) is 0 Å². The number of carbonyl (C=O) groups is 2. The molecule has 0 radical (unpaired) electrons. The van der Waals surface area contributed by atoms with Gasteiger partial charge in [0, 0.05) is 18.8 Å². The van der Waals surface area contributed by atoms with Gasteiger partial charge in [-0.15, -0.1) is 0 Å². The van der Waals surface area contributed by atoms with Crippen LogP contribution in [0.25, 0.3) is 0 Å². The lowest BCUT2D eigenvalue weighted by atomic mass is 9.97. The van der Waals surface area contributed by atoms with Crippen molar-refractivity contribution in [3.05, 3.63) is 0 Å². The van der Waals surface area contributed by atoms with Crippen molar-refractivity contribution in [2.24, 2.45) is 5.92 Å². The summed E-state index contributed by atoms with van der Waals surface area (Å²) in [6, 6.07) is 0. The second kappa shape index (κ2) is 12.6. The van der Waals surface area contributed by atoms with E-state index in [4.69, 9.17) is 25.5 Å². The summed E-state index contributed by atoms with van der Waals surface area (Å²) in [4.78, 5) is 19.8. The summed E-state index contributed by atoms with van der Waals surface area (Å²) in [5, 5.41) is 42.7. The summed E-state index contributed by atoms with van der Waals surface area (Å²) in [6.07, 6.45) is 4.19. The van der Waals surface area contributed by atoms with Crippen LogP contribution in [-0.4, -0.2) is 43.4 Å². The maximum Gasteiger partial charge on any atom is 0.303 e. The molecule has 0 heterocycles. The Bertz CT molecular complexity index is 268. The first-order valence-corrected chi connectivity index (χ1v) is 7.25. The molecule has 7 nitrogen and oxygen atoms in total. The van der Waals surface area contributed by atoms with Crippen molar-refractivity contribution in [1.29, 1.82) is 0 Å². The molecular formula is C14H28O7. The molecule has 0 aliphatic rings. The Kier molecular flexibility index (Phi) is 13.2.